The summed E-state index contributed by atoms with van der Waals surface area (Å²) in [5.74, 6) is 0. The minimum Gasteiger partial charge on any atom is -0.392 e. The van der Waals surface area contributed by atoms with Crippen LogP contribution >= 0.6 is 0 Å². The number of nitrogens with one attached hydrogen (secondary N) is 1. The molecule has 0 aliphatic heterocycles. The molecule has 2 unspecified atom stereocenters. The third-order valence-electron chi connectivity index (χ3n) is 3.44. The van der Waals surface area contributed by atoms with Gasteiger partial charge < -0.3 is 10.4 Å². The van der Waals surface area contributed by atoms with Crippen LogP contribution in [0, 0.1) is 0 Å². The Kier molecular flexibility index (Phi) is 4.39. The van der Waals surface area contributed by atoms with Gasteiger partial charge in [-0.3, -0.25) is 0 Å². The lowest BCUT2D eigenvalue weighted by Gasteiger charge is -2.33. The van der Waals surface area contributed by atoms with Crippen molar-refractivity contribution in [1.29, 1.82) is 0 Å². The summed E-state index contributed by atoms with van der Waals surface area (Å²) in [6.07, 6.45) is 6.80. The van der Waals surface area contributed by atoms with Crippen LogP contribution in [0.3, 0.4) is 0 Å². The first-order valence-corrected chi connectivity index (χ1v) is 6.01. The Hall–Kier alpha value is -0.0800. The molecule has 0 radical (unpaired) electrons. The second-order valence-corrected chi connectivity index (χ2v) is 5.19. The highest BCUT2D eigenvalue weighted by atomic mass is 16.3. The van der Waals surface area contributed by atoms with E-state index >= 15 is 0 Å². The normalized spacial score (nSPS) is 30.0. The smallest absolute Gasteiger partial charge is 0.0693 e. The van der Waals surface area contributed by atoms with Crippen LogP contribution in [0.1, 0.15) is 59.3 Å². The fourth-order valence-electron chi connectivity index (χ4n) is 2.06. The van der Waals surface area contributed by atoms with Crippen molar-refractivity contribution in [3.63, 3.8) is 0 Å². The Morgan fingerprint density at radius 2 is 1.86 bits per heavy atom. The molecule has 0 bridgehead atoms. The van der Waals surface area contributed by atoms with Crippen molar-refractivity contribution in [2.24, 2.45) is 0 Å². The van der Waals surface area contributed by atoms with E-state index < -0.39 is 0 Å². The van der Waals surface area contributed by atoms with Crippen LogP contribution in [0.2, 0.25) is 0 Å². The maximum Gasteiger partial charge on any atom is 0.0693 e. The van der Waals surface area contributed by atoms with Crippen molar-refractivity contribution < 1.29 is 5.11 Å². The monoisotopic (exact) mass is 199 g/mol. The molecule has 14 heavy (non-hydrogen) atoms. The Bertz CT molecular complexity index is 168. The minimum atomic E-state index is -0.136. The third kappa shape index (κ3) is 3.58. The van der Waals surface area contributed by atoms with E-state index in [1.807, 2.05) is 0 Å². The first kappa shape index (κ1) is 12.0. The van der Waals surface area contributed by atoms with E-state index in [2.05, 4.69) is 26.1 Å². The van der Waals surface area contributed by atoms with Crippen molar-refractivity contribution in [2.75, 3.05) is 0 Å². The molecule has 1 fully saturated rings. The Morgan fingerprint density at radius 1 is 1.21 bits per heavy atom. The van der Waals surface area contributed by atoms with E-state index in [0.717, 1.165) is 19.3 Å². The average Bonchev–Trinajstić information content (AvgIpc) is 2.32. The van der Waals surface area contributed by atoms with Crippen LogP contribution in [0.25, 0.3) is 0 Å². The molecule has 1 rings (SSSR count). The van der Waals surface area contributed by atoms with Gasteiger partial charge in [0.2, 0.25) is 0 Å². The van der Waals surface area contributed by atoms with Crippen molar-refractivity contribution >= 4 is 0 Å². The molecule has 0 aromatic rings. The highest BCUT2D eigenvalue weighted by Gasteiger charge is 2.26. The lowest BCUT2D eigenvalue weighted by molar-refractivity contribution is 0.103. The van der Waals surface area contributed by atoms with Gasteiger partial charge in [-0.15, -0.1) is 0 Å². The van der Waals surface area contributed by atoms with Gasteiger partial charge in [0.05, 0.1) is 6.10 Å². The molecule has 84 valence electrons. The predicted octanol–water partition coefficient (Wildman–Crippen LogP) is 2.46. The van der Waals surface area contributed by atoms with Gasteiger partial charge in [-0.2, -0.15) is 0 Å². The van der Waals surface area contributed by atoms with Crippen LogP contribution < -0.4 is 5.32 Å². The number of rotatable bonds is 3. The van der Waals surface area contributed by atoms with Gasteiger partial charge in [-0.05, 0) is 33.1 Å². The van der Waals surface area contributed by atoms with Gasteiger partial charge in [0.25, 0.3) is 0 Å². The molecule has 2 nitrogen and oxygen atoms in total. The van der Waals surface area contributed by atoms with Gasteiger partial charge in [0.15, 0.2) is 0 Å². The highest BCUT2D eigenvalue weighted by Crippen LogP contribution is 2.21. The fraction of sp³-hybridized carbons (Fsp3) is 1.00. The first-order chi connectivity index (χ1) is 6.55. The highest BCUT2D eigenvalue weighted by molar-refractivity contribution is 4.86. The zero-order valence-corrected chi connectivity index (χ0v) is 9.84. The topological polar surface area (TPSA) is 32.3 Å². The van der Waals surface area contributed by atoms with Crippen LogP contribution in [-0.2, 0) is 0 Å². The third-order valence-corrected chi connectivity index (χ3v) is 3.44. The molecule has 0 amide bonds. The van der Waals surface area contributed by atoms with Crippen LogP contribution in [-0.4, -0.2) is 22.8 Å². The summed E-state index contributed by atoms with van der Waals surface area (Å²) < 4.78 is 0. The average molecular weight is 199 g/mol. The number of aliphatic hydroxyl groups excluding tert-OH is 1. The zero-order valence-electron chi connectivity index (χ0n) is 9.84. The van der Waals surface area contributed by atoms with E-state index in [4.69, 9.17) is 0 Å². The quantitative estimate of drug-likeness (QED) is 0.684. The van der Waals surface area contributed by atoms with Crippen molar-refractivity contribution in [3.05, 3.63) is 0 Å². The fourth-order valence-corrected chi connectivity index (χ4v) is 2.06. The second-order valence-electron chi connectivity index (χ2n) is 5.19. The summed E-state index contributed by atoms with van der Waals surface area (Å²) in [4.78, 5) is 0. The van der Waals surface area contributed by atoms with Gasteiger partial charge in [-0.25, -0.2) is 0 Å². The maximum atomic E-state index is 9.95. The summed E-state index contributed by atoms with van der Waals surface area (Å²) in [5, 5.41) is 13.5. The Labute approximate surface area is 88.1 Å². The van der Waals surface area contributed by atoms with E-state index in [0.29, 0.717) is 6.04 Å². The standard InChI is InChI=1S/C12H25NO/c1-4-12(2,3)13-10-8-6-5-7-9-11(10)14/h10-11,13-14H,4-9H2,1-3H3. The molecule has 2 heteroatoms. The van der Waals surface area contributed by atoms with E-state index in [9.17, 15) is 5.11 Å². The molecule has 0 heterocycles. The molecule has 2 atom stereocenters. The van der Waals surface area contributed by atoms with Crippen LogP contribution in [0.15, 0.2) is 0 Å². The molecular formula is C12H25NO. The van der Waals surface area contributed by atoms with Crippen LogP contribution in [0.4, 0.5) is 0 Å². The van der Waals surface area contributed by atoms with E-state index in [1.54, 1.807) is 0 Å². The second kappa shape index (κ2) is 5.13. The molecule has 1 saturated carbocycles. The van der Waals surface area contributed by atoms with E-state index in [1.165, 1.54) is 19.3 Å². The molecule has 2 N–H and O–H groups in total. The summed E-state index contributed by atoms with van der Waals surface area (Å²) >= 11 is 0. The maximum absolute atomic E-state index is 9.95. The van der Waals surface area contributed by atoms with Gasteiger partial charge in [-0.1, -0.05) is 26.2 Å². The Morgan fingerprint density at radius 3 is 2.50 bits per heavy atom. The molecule has 0 saturated heterocycles. The molecule has 0 aromatic carbocycles. The summed E-state index contributed by atoms with van der Waals surface area (Å²) in [5.41, 5.74) is 0.163. The molecule has 1 aliphatic carbocycles. The minimum absolute atomic E-state index is 0.136. The van der Waals surface area contributed by atoms with Gasteiger partial charge in [0, 0.05) is 11.6 Å². The molecule has 1 aliphatic rings. The SMILES string of the molecule is CCC(C)(C)NC1CCCCCC1O. The Balaban J connectivity index is 2.48. The molecule has 0 aromatic heterocycles. The number of aliphatic hydroxyl groups is 1. The first-order valence-electron chi connectivity index (χ1n) is 6.01. The lowest BCUT2D eigenvalue weighted by atomic mass is 9.97. The summed E-state index contributed by atoms with van der Waals surface area (Å²) in [6.45, 7) is 6.62. The predicted molar refractivity (Wildman–Crippen MR) is 60.4 cm³/mol. The lowest BCUT2D eigenvalue weighted by Crippen LogP contribution is -2.50. The number of hydrogen-bond donors (Lipinski definition) is 2. The van der Waals surface area contributed by atoms with Crippen molar-refractivity contribution in [3.8, 4) is 0 Å². The van der Waals surface area contributed by atoms with Gasteiger partial charge in [0.1, 0.15) is 0 Å². The summed E-state index contributed by atoms with van der Waals surface area (Å²) in [6, 6.07) is 0.312. The van der Waals surface area contributed by atoms with Crippen LogP contribution in [0.5, 0.6) is 0 Å². The number of hydrogen-bond acceptors (Lipinski definition) is 2. The largest absolute Gasteiger partial charge is 0.392 e. The van der Waals surface area contributed by atoms with E-state index in [-0.39, 0.29) is 11.6 Å². The molecular weight excluding hydrogens is 174 g/mol. The zero-order chi connectivity index (χ0) is 10.6. The summed E-state index contributed by atoms with van der Waals surface area (Å²) in [7, 11) is 0. The van der Waals surface area contributed by atoms with Gasteiger partial charge >= 0.3 is 0 Å². The van der Waals surface area contributed by atoms with Crippen molar-refractivity contribution in [2.45, 2.75) is 77.0 Å². The van der Waals surface area contributed by atoms with Crippen molar-refractivity contribution in [1.82, 2.24) is 5.32 Å². The molecule has 0 spiro atoms.